The molecule has 7 heteroatoms. The molecule has 0 aliphatic heterocycles. The molecule has 5 nitrogen and oxygen atoms in total. The fourth-order valence-electron chi connectivity index (χ4n) is 1.99. The minimum atomic E-state index is -3.90. The number of anilines is 1. The Hall–Kier alpha value is -1.86. The number of aromatic carboxylic acids is 1. The summed E-state index contributed by atoms with van der Waals surface area (Å²) in [4.78, 5) is 10.9. The summed E-state index contributed by atoms with van der Waals surface area (Å²) in [6.45, 7) is 3.28. The van der Waals surface area contributed by atoms with E-state index in [1.54, 1.807) is 38.1 Å². The van der Waals surface area contributed by atoms with Gasteiger partial charge < -0.3 is 9.90 Å². The third-order valence-electron chi connectivity index (χ3n) is 3.22. The van der Waals surface area contributed by atoms with E-state index >= 15 is 0 Å². The summed E-state index contributed by atoms with van der Waals surface area (Å²) in [6, 6.07) is 9.18. The molecule has 0 bridgehead atoms. The van der Waals surface area contributed by atoms with Crippen LogP contribution in [0.2, 0.25) is 0 Å². The highest BCUT2D eigenvalue weighted by Gasteiger charge is 2.19. The number of aryl methyl sites for hydroxylation is 1. The van der Waals surface area contributed by atoms with Gasteiger partial charge in [0.2, 0.25) is 0 Å². The molecule has 2 rings (SSSR count). The highest BCUT2D eigenvalue weighted by Crippen LogP contribution is 2.24. The van der Waals surface area contributed by atoms with Crippen LogP contribution < -0.4 is 9.83 Å². The first kappa shape index (κ1) is 16.5. The van der Waals surface area contributed by atoms with Crippen molar-refractivity contribution in [2.24, 2.45) is 0 Å². The van der Waals surface area contributed by atoms with Crippen LogP contribution in [0.1, 0.15) is 21.5 Å². The van der Waals surface area contributed by atoms with E-state index in [2.05, 4.69) is 20.7 Å². The number of carboxylic acids is 1. The van der Waals surface area contributed by atoms with Crippen LogP contribution >= 0.6 is 15.9 Å². The van der Waals surface area contributed by atoms with Crippen molar-refractivity contribution >= 4 is 37.6 Å². The molecule has 0 saturated heterocycles. The van der Waals surface area contributed by atoms with E-state index in [0.717, 1.165) is 10.5 Å². The lowest BCUT2D eigenvalue weighted by atomic mass is 10.1. The molecule has 2 aromatic rings. The Bertz CT molecular complexity index is 847. The van der Waals surface area contributed by atoms with Gasteiger partial charge in [0.15, 0.2) is 0 Å². The summed E-state index contributed by atoms with van der Waals surface area (Å²) >= 11 is 3.26. The van der Waals surface area contributed by atoms with Crippen LogP contribution in [0.25, 0.3) is 0 Å². The van der Waals surface area contributed by atoms with E-state index < -0.39 is 16.0 Å². The summed E-state index contributed by atoms with van der Waals surface area (Å²) in [5.74, 6) is -1.41. The van der Waals surface area contributed by atoms with Gasteiger partial charge in [-0.1, -0.05) is 22.0 Å². The van der Waals surface area contributed by atoms with E-state index in [-0.39, 0.29) is 10.5 Å². The van der Waals surface area contributed by atoms with Crippen LogP contribution in [-0.4, -0.2) is 14.4 Å². The zero-order chi connectivity index (χ0) is 16.5. The summed E-state index contributed by atoms with van der Waals surface area (Å²) in [5.41, 5.74) is 1.27. The third kappa shape index (κ3) is 3.48. The van der Waals surface area contributed by atoms with Crippen molar-refractivity contribution in [2.45, 2.75) is 18.7 Å². The highest BCUT2D eigenvalue weighted by molar-refractivity contribution is 9.10. The van der Waals surface area contributed by atoms with E-state index in [0.29, 0.717) is 16.8 Å². The summed E-state index contributed by atoms with van der Waals surface area (Å²) < 4.78 is 28.2. The van der Waals surface area contributed by atoms with Gasteiger partial charge in [-0.05, 0) is 60.9 Å². The second-order valence-electron chi connectivity index (χ2n) is 4.82. The van der Waals surface area contributed by atoms with Gasteiger partial charge in [-0.15, -0.1) is 0 Å². The number of halogens is 1. The molecular formula is C15H13BrNO4S-. The Morgan fingerprint density at radius 3 is 2.45 bits per heavy atom. The number of rotatable bonds is 4. The monoisotopic (exact) mass is 382 g/mol. The van der Waals surface area contributed by atoms with E-state index in [1.807, 2.05) is 0 Å². The highest BCUT2D eigenvalue weighted by atomic mass is 79.9. The summed E-state index contributed by atoms with van der Waals surface area (Å²) in [5, 5.41) is 11.0. The van der Waals surface area contributed by atoms with Gasteiger partial charge >= 0.3 is 0 Å². The molecule has 0 radical (unpaired) electrons. The van der Waals surface area contributed by atoms with Gasteiger partial charge in [0.05, 0.1) is 10.9 Å². The maximum Gasteiger partial charge on any atom is 0.262 e. The number of hydrogen-bond donors (Lipinski definition) is 1. The van der Waals surface area contributed by atoms with Crippen molar-refractivity contribution in [3.63, 3.8) is 0 Å². The lowest BCUT2D eigenvalue weighted by Gasteiger charge is -2.14. The molecule has 22 heavy (non-hydrogen) atoms. The van der Waals surface area contributed by atoms with Crippen LogP contribution in [0.15, 0.2) is 45.8 Å². The molecule has 0 aliphatic carbocycles. The average Bonchev–Trinajstić information content (AvgIpc) is 2.40. The van der Waals surface area contributed by atoms with Gasteiger partial charge in [-0.2, -0.15) is 0 Å². The molecule has 0 saturated carbocycles. The van der Waals surface area contributed by atoms with Crippen molar-refractivity contribution in [2.75, 3.05) is 4.72 Å². The second kappa shape index (κ2) is 6.10. The number of carbonyl (C=O) groups is 1. The lowest BCUT2D eigenvalue weighted by Crippen LogP contribution is -2.23. The van der Waals surface area contributed by atoms with Crippen molar-refractivity contribution in [3.05, 3.63) is 57.6 Å². The number of carbonyl (C=O) groups excluding carboxylic acids is 1. The Kier molecular flexibility index (Phi) is 4.58. The molecule has 0 aliphatic rings. The van der Waals surface area contributed by atoms with Crippen LogP contribution in [0.4, 0.5) is 5.69 Å². The van der Waals surface area contributed by atoms with Crippen LogP contribution in [0.5, 0.6) is 0 Å². The van der Waals surface area contributed by atoms with Gasteiger partial charge in [0.25, 0.3) is 10.0 Å². The van der Waals surface area contributed by atoms with Gasteiger partial charge in [-0.3, -0.25) is 4.72 Å². The zero-order valence-electron chi connectivity index (χ0n) is 11.9. The first-order valence-corrected chi connectivity index (χ1v) is 8.59. The quantitative estimate of drug-likeness (QED) is 0.877. The van der Waals surface area contributed by atoms with E-state index in [9.17, 15) is 18.3 Å². The van der Waals surface area contributed by atoms with Gasteiger partial charge in [0.1, 0.15) is 0 Å². The lowest BCUT2D eigenvalue weighted by molar-refractivity contribution is -0.255. The minimum Gasteiger partial charge on any atom is -0.545 e. The molecule has 0 atom stereocenters. The smallest absolute Gasteiger partial charge is 0.262 e. The normalized spacial score (nSPS) is 11.2. The van der Waals surface area contributed by atoms with Gasteiger partial charge in [0, 0.05) is 10.2 Å². The molecule has 0 heterocycles. The molecule has 0 spiro atoms. The maximum atomic E-state index is 12.5. The molecule has 2 aromatic carbocycles. The third-order valence-corrected chi connectivity index (χ3v) is 5.22. The molecule has 0 aromatic heterocycles. The second-order valence-corrected chi connectivity index (χ2v) is 7.39. The Morgan fingerprint density at radius 2 is 1.86 bits per heavy atom. The zero-order valence-corrected chi connectivity index (χ0v) is 14.3. The number of hydrogen-bond acceptors (Lipinski definition) is 4. The summed E-state index contributed by atoms with van der Waals surface area (Å²) in [6.07, 6.45) is 0. The maximum absolute atomic E-state index is 12.5. The standard InChI is InChI=1S/C15H14BrNO4S/c1-9-6-11(15(18)19)7-14(10(9)2)22(20,21)17-13-5-3-4-12(16)8-13/h3-8,17H,1-2H3,(H,18,19)/p-1. The van der Waals surface area contributed by atoms with Crippen LogP contribution in [-0.2, 0) is 10.0 Å². The molecule has 116 valence electrons. The molecule has 1 N–H and O–H groups in total. The fraction of sp³-hybridized carbons (Fsp3) is 0.133. The average molecular weight is 383 g/mol. The predicted octanol–water partition coefficient (Wildman–Crippen LogP) is 2.23. The largest absolute Gasteiger partial charge is 0.545 e. The first-order chi connectivity index (χ1) is 10.2. The Labute approximate surface area is 137 Å². The van der Waals surface area contributed by atoms with E-state index in [1.165, 1.54) is 6.07 Å². The summed E-state index contributed by atoms with van der Waals surface area (Å²) in [7, 11) is -3.90. The number of carboxylic acid groups (broad SMARTS) is 1. The van der Waals surface area contributed by atoms with Crippen LogP contribution in [0.3, 0.4) is 0 Å². The SMILES string of the molecule is Cc1cc(C(=O)[O-])cc(S(=O)(=O)Nc2cccc(Br)c2)c1C. The van der Waals surface area contributed by atoms with Crippen molar-refractivity contribution in [3.8, 4) is 0 Å². The molecular weight excluding hydrogens is 370 g/mol. The van der Waals surface area contributed by atoms with Crippen molar-refractivity contribution < 1.29 is 18.3 Å². The number of benzene rings is 2. The Balaban J connectivity index is 2.51. The molecule has 0 amide bonds. The number of nitrogens with one attached hydrogen (secondary N) is 1. The topological polar surface area (TPSA) is 86.3 Å². The minimum absolute atomic E-state index is 0.0772. The number of sulfonamides is 1. The van der Waals surface area contributed by atoms with Crippen LogP contribution in [0, 0.1) is 13.8 Å². The Morgan fingerprint density at radius 1 is 1.18 bits per heavy atom. The first-order valence-electron chi connectivity index (χ1n) is 6.31. The molecule has 0 fully saturated rings. The predicted molar refractivity (Wildman–Crippen MR) is 85.2 cm³/mol. The molecule has 0 unspecified atom stereocenters. The van der Waals surface area contributed by atoms with Crippen molar-refractivity contribution in [1.82, 2.24) is 0 Å². The fourth-order valence-corrected chi connectivity index (χ4v) is 3.78. The van der Waals surface area contributed by atoms with Crippen molar-refractivity contribution in [1.29, 1.82) is 0 Å². The van der Waals surface area contributed by atoms with E-state index in [4.69, 9.17) is 0 Å². The van der Waals surface area contributed by atoms with Gasteiger partial charge in [-0.25, -0.2) is 8.42 Å².